The number of rotatable bonds is 6. The van der Waals surface area contributed by atoms with Crippen molar-refractivity contribution in [2.45, 2.75) is 32.4 Å². The second kappa shape index (κ2) is 7.99. The number of benzene rings is 1. The maximum Gasteiger partial charge on any atom is 0.307 e. The molecule has 0 spiro atoms. The van der Waals surface area contributed by atoms with Crippen LogP contribution in [0.4, 0.5) is 11.4 Å². The molecule has 1 aromatic heterocycles. The Labute approximate surface area is 152 Å². The zero-order valence-corrected chi connectivity index (χ0v) is 14.9. The number of nitro groups is 1. The van der Waals surface area contributed by atoms with Crippen LogP contribution in [0.3, 0.4) is 0 Å². The van der Waals surface area contributed by atoms with Gasteiger partial charge in [0.2, 0.25) is 5.91 Å². The Hall–Kier alpha value is -2.90. The summed E-state index contributed by atoms with van der Waals surface area (Å²) in [6.07, 6.45) is 6.20. The quantitative estimate of drug-likeness (QED) is 0.586. The number of likely N-dealkylation sites (N-methyl/N-ethyl adjacent to an activating group) is 1. The second-order valence-electron chi connectivity index (χ2n) is 6.62. The topological polar surface area (TPSA) is 84.5 Å². The van der Waals surface area contributed by atoms with E-state index in [1.54, 1.807) is 11.9 Å². The average molecular weight is 357 g/mol. The molecule has 0 aliphatic carbocycles. The second-order valence-corrected chi connectivity index (χ2v) is 6.62. The van der Waals surface area contributed by atoms with E-state index in [9.17, 15) is 14.9 Å². The van der Waals surface area contributed by atoms with Crippen LogP contribution in [0.25, 0.3) is 0 Å². The third kappa shape index (κ3) is 4.38. The van der Waals surface area contributed by atoms with Crippen molar-refractivity contribution in [2.24, 2.45) is 0 Å². The standard InChI is InChI=1S/C18H23N5O3/c1-20(18(24)14-22-13-17(11-19-22)23(25)26)12-15-5-7-16(8-6-15)21-9-3-2-4-10-21/h5-8,11,13H,2-4,9-10,12,14H2,1H3. The van der Waals surface area contributed by atoms with Gasteiger partial charge in [0.15, 0.2) is 0 Å². The first-order valence-corrected chi connectivity index (χ1v) is 8.77. The van der Waals surface area contributed by atoms with Crippen LogP contribution < -0.4 is 4.90 Å². The molecule has 0 unspecified atom stereocenters. The lowest BCUT2D eigenvalue weighted by atomic mass is 10.1. The number of carbonyl (C=O) groups excluding carboxylic acids is 1. The van der Waals surface area contributed by atoms with Crippen molar-refractivity contribution in [3.05, 3.63) is 52.3 Å². The average Bonchev–Trinajstić information content (AvgIpc) is 3.12. The number of nitrogens with zero attached hydrogens (tertiary/aromatic N) is 5. The first kappa shape index (κ1) is 17.9. The molecule has 138 valence electrons. The third-order valence-electron chi connectivity index (χ3n) is 4.63. The van der Waals surface area contributed by atoms with Crippen molar-refractivity contribution in [2.75, 3.05) is 25.0 Å². The van der Waals surface area contributed by atoms with Gasteiger partial charge < -0.3 is 9.80 Å². The lowest BCUT2D eigenvalue weighted by molar-refractivity contribution is -0.385. The number of carbonyl (C=O) groups is 1. The maximum atomic E-state index is 12.3. The smallest absolute Gasteiger partial charge is 0.307 e. The molecule has 1 amide bonds. The summed E-state index contributed by atoms with van der Waals surface area (Å²) in [6.45, 7) is 2.68. The number of anilines is 1. The van der Waals surface area contributed by atoms with Crippen molar-refractivity contribution in [3.8, 4) is 0 Å². The van der Waals surface area contributed by atoms with Gasteiger partial charge in [0.1, 0.15) is 18.9 Å². The maximum absolute atomic E-state index is 12.3. The molecule has 1 aromatic carbocycles. The fraction of sp³-hybridized carbons (Fsp3) is 0.444. The van der Waals surface area contributed by atoms with E-state index in [-0.39, 0.29) is 18.1 Å². The van der Waals surface area contributed by atoms with Crippen LogP contribution in [0.15, 0.2) is 36.7 Å². The van der Waals surface area contributed by atoms with Gasteiger partial charge in [-0.25, -0.2) is 0 Å². The van der Waals surface area contributed by atoms with Gasteiger partial charge >= 0.3 is 5.69 Å². The molecule has 1 saturated heterocycles. The molecule has 1 aliphatic rings. The zero-order chi connectivity index (χ0) is 18.5. The summed E-state index contributed by atoms with van der Waals surface area (Å²) >= 11 is 0. The molecule has 1 fully saturated rings. The van der Waals surface area contributed by atoms with Crippen molar-refractivity contribution < 1.29 is 9.72 Å². The Morgan fingerprint density at radius 2 is 1.92 bits per heavy atom. The first-order valence-electron chi connectivity index (χ1n) is 8.77. The van der Waals surface area contributed by atoms with Crippen LogP contribution in [0.1, 0.15) is 24.8 Å². The number of hydrogen-bond acceptors (Lipinski definition) is 5. The monoisotopic (exact) mass is 357 g/mol. The Kier molecular flexibility index (Phi) is 5.50. The van der Waals surface area contributed by atoms with Crippen molar-refractivity contribution in [3.63, 3.8) is 0 Å². The van der Waals surface area contributed by atoms with E-state index in [2.05, 4.69) is 22.1 Å². The van der Waals surface area contributed by atoms with Crippen LogP contribution in [-0.2, 0) is 17.9 Å². The normalized spacial score (nSPS) is 14.3. The highest BCUT2D eigenvalue weighted by atomic mass is 16.6. The van der Waals surface area contributed by atoms with E-state index < -0.39 is 4.92 Å². The highest BCUT2D eigenvalue weighted by molar-refractivity contribution is 5.75. The van der Waals surface area contributed by atoms with E-state index in [4.69, 9.17) is 0 Å². The molecule has 0 saturated carbocycles. The molecular formula is C18H23N5O3. The molecule has 8 nitrogen and oxygen atoms in total. The summed E-state index contributed by atoms with van der Waals surface area (Å²) in [5.74, 6) is -0.150. The largest absolute Gasteiger partial charge is 0.372 e. The molecule has 2 aromatic rings. The molecule has 8 heteroatoms. The molecule has 0 radical (unpaired) electrons. The van der Waals surface area contributed by atoms with Gasteiger partial charge in [0, 0.05) is 32.4 Å². The summed E-state index contributed by atoms with van der Waals surface area (Å²) in [5, 5.41) is 14.5. The summed E-state index contributed by atoms with van der Waals surface area (Å²) in [4.78, 5) is 26.4. The predicted molar refractivity (Wildman–Crippen MR) is 97.9 cm³/mol. The number of amides is 1. The highest BCUT2D eigenvalue weighted by Crippen LogP contribution is 2.20. The van der Waals surface area contributed by atoms with Gasteiger partial charge in [-0.05, 0) is 37.0 Å². The highest BCUT2D eigenvalue weighted by Gasteiger charge is 2.15. The Morgan fingerprint density at radius 1 is 1.23 bits per heavy atom. The van der Waals surface area contributed by atoms with Gasteiger partial charge in [0.25, 0.3) is 0 Å². The molecule has 26 heavy (non-hydrogen) atoms. The van der Waals surface area contributed by atoms with Crippen LogP contribution in [-0.4, -0.2) is 45.6 Å². The van der Waals surface area contributed by atoms with Crippen LogP contribution in [0, 0.1) is 10.1 Å². The minimum atomic E-state index is -0.526. The molecule has 2 heterocycles. The molecule has 0 N–H and O–H groups in total. The van der Waals surface area contributed by atoms with Crippen LogP contribution in [0.2, 0.25) is 0 Å². The van der Waals surface area contributed by atoms with Gasteiger partial charge in [-0.2, -0.15) is 5.10 Å². The zero-order valence-electron chi connectivity index (χ0n) is 14.9. The predicted octanol–water partition coefficient (Wildman–Crippen LogP) is 2.44. The van der Waals surface area contributed by atoms with Gasteiger partial charge in [0.05, 0.1) is 4.92 Å². The third-order valence-corrected chi connectivity index (χ3v) is 4.63. The summed E-state index contributed by atoms with van der Waals surface area (Å²) < 4.78 is 1.29. The Morgan fingerprint density at radius 3 is 2.54 bits per heavy atom. The fourth-order valence-electron chi connectivity index (χ4n) is 3.12. The minimum absolute atomic E-state index is 0.0177. The van der Waals surface area contributed by atoms with E-state index in [1.165, 1.54) is 35.8 Å². The van der Waals surface area contributed by atoms with E-state index in [0.717, 1.165) is 24.8 Å². The molecule has 1 aliphatic heterocycles. The molecule has 0 bridgehead atoms. The summed E-state index contributed by atoms with van der Waals surface area (Å²) in [5.41, 5.74) is 2.16. The first-order chi connectivity index (χ1) is 12.5. The van der Waals surface area contributed by atoms with Crippen LogP contribution >= 0.6 is 0 Å². The van der Waals surface area contributed by atoms with Crippen LogP contribution in [0.5, 0.6) is 0 Å². The fourth-order valence-corrected chi connectivity index (χ4v) is 3.12. The number of piperidine rings is 1. The van der Waals surface area contributed by atoms with Gasteiger partial charge in [-0.1, -0.05) is 12.1 Å². The lowest BCUT2D eigenvalue weighted by Gasteiger charge is -2.29. The Balaban J connectivity index is 1.55. The van der Waals surface area contributed by atoms with Gasteiger partial charge in [-0.3, -0.25) is 19.6 Å². The van der Waals surface area contributed by atoms with E-state index >= 15 is 0 Å². The molecule has 3 rings (SSSR count). The SMILES string of the molecule is CN(Cc1ccc(N2CCCCC2)cc1)C(=O)Cn1cc([N+](=O)[O-])cn1. The summed E-state index contributed by atoms with van der Waals surface area (Å²) in [7, 11) is 1.72. The van der Waals surface area contributed by atoms with Crippen molar-refractivity contribution in [1.29, 1.82) is 0 Å². The van der Waals surface area contributed by atoms with E-state index in [0.29, 0.717) is 6.54 Å². The number of hydrogen-bond donors (Lipinski definition) is 0. The molecular weight excluding hydrogens is 334 g/mol. The number of aromatic nitrogens is 2. The van der Waals surface area contributed by atoms with Crippen molar-refractivity contribution >= 4 is 17.3 Å². The molecule has 0 atom stereocenters. The Bertz CT molecular complexity index is 765. The van der Waals surface area contributed by atoms with Gasteiger partial charge in [-0.15, -0.1) is 0 Å². The van der Waals surface area contributed by atoms with E-state index in [1.807, 2.05) is 12.1 Å². The van der Waals surface area contributed by atoms with Crippen molar-refractivity contribution in [1.82, 2.24) is 14.7 Å². The minimum Gasteiger partial charge on any atom is -0.372 e. The lowest BCUT2D eigenvalue weighted by Crippen LogP contribution is -2.30. The summed E-state index contributed by atoms with van der Waals surface area (Å²) in [6, 6.07) is 8.31.